The van der Waals surface area contributed by atoms with Crippen molar-refractivity contribution in [2.24, 2.45) is 5.92 Å². The third-order valence-corrected chi connectivity index (χ3v) is 3.84. The Hall–Kier alpha value is -2.24. The van der Waals surface area contributed by atoms with Gasteiger partial charge < -0.3 is 5.32 Å². The number of carbonyl (C=O) groups excluding carboxylic acids is 1. The Bertz CT molecular complexity index is 640. The van der Waals surface area contributed by atoms with E-state index in [1.165, 1.54) is 6.07 Å². The maximum Gasteiger partial charge on any atom is 0.220 e. The highest BCUT2D eigenvalue weighted by Gasteiger charge is 2.17. The second kappa shape index (κ2) is 7.85. The monoisotopic (exact) mass is 318 g/mol. The molecule has 2 aromatic rings. The normalized spacial score (nSPS) is 12.4. The molecule has 0 unspecified atom stereocenters. The first-order valence-electron chi connectivity index (χ1n) is 7.84. The number of rotatable bonds is 7. The third kappa shape index (κ3) is 5.16. The molecule has 1 atom stereocenters. The van der Waals surface area contributed by atoms with Crippen LogP contribution in [0, 0.1) is 18.7 Å². The van der Waals surface area contributed by atoms with Crippen LogP contribution in [0.1, 0.15) is 31.4 Å². The minimum Gasteiger partial charge on any atom is -0.351 e. The van der Waals surface area contributed by atoms with E-state index in [0.29, 0.717) is 24.9 Å². The van der Waals surface area contributed by atoms with E-state index >= 15 is 0 Å². The summed E-state index contributed by atoms with van der Waals surface area (Å²) >= 11 is 0. The van der Waals surface area contributed by atoms with Gasteiger partial charge in [-0.1, -0.05) is 26.0 Å². The lowest BCUT2D eigenvalue weighted by atomic mass is 10.0. The van der Waals surface area contributed by atoms with Crippen LogP contribution >= 0.6 is 0 Å². The van der Waals surface area contributed by atoms with Gasteiger partial charge in [-0.15, -0.1) is 0 Å². The average molecular weight is 318 g/mol. The van der Waals surface area contributed by atoms with Gasteiger partial charge in [0.2, 0.25) is 5.91 Å². The van der Waals surface area contributed by atoms with E-state index < -0.39 is 0 Å². The molecule has 0 aliphatic rings. The van der Waals surface area contributed by atoms with Crippen LogP contribution in [-0.2, 0) is 17.8 Å². The Kier molecular flexibility index (Phi) is 5.84. The first kappa shape index (κ1) is 17.1. The molecule has 0 fully saturated rings. The third-order valence-electron chi connectivity index (χ3n) is 3.84. The summed E-state index contributed by atoms with van der Waals surface area (Å²) in [4.78, 5) is 13.8. The van der Waals surface area contributed by atoms with Crippen LogP contribution in [0.5, 0.6) is 0 Å². The first-order chi connectivity index (χ1) is 11.0. The zero-order valence-corrected chi connectivity index (χ0v) is 13.8. The molecule has 6 heteroatoms. The number of nitrogens with one attached hydrogen (secondary N) is 1. The molecule has 0 spiro atoms. The van der Waals surface area contributed by atoms with Crippen LogP contribution in [-0.4, -0.2) is 26.9 Å². The Morgan fingerprint density at radius 2 is 2.00 bits per heavy atom. The molecule has 5 nitrogen and oxygen atoms in total. The number of carbonyl (C=O) groups is 1. The molecular formula is C17H23FN4O. The molecule has 1 N–H and O–H groups in total. The largest absolute Gasteiger partial charge is 0.351 e. The quantitative estimate of drug-likeness (QED) is 0.853. The number of aromatic nitrogens is 3. The van der Waals surface area contributed by atoms with Crippen molar-refractivity contribution in [3.8, 4) is 0 Å². The Labute approximate surface area is 135 Å². The fourth-order valence-electron chi connectivity index (χ4n) is 2.34. The summed E-state index contributed by atoms with van der Waals surface area (Å²) in [5.41, 5.74) is 1.57. The minimum atomic E-state index is -0.218. The number of hydrogen-bond acceptors (Lipinski definition) is 3. The van der Waals surface area contributed by atoms with Crippen molar-refractivity contribution in [1.82, 2.24) is 20.3 Å². The van der Waals surface area contributed by atoms with Gasteiger partial charge in [-0.3, -0.25) is 4.79 Å². The minimum absolute atomic E-state index is 0.0159. The topological polar surface area (TPSA) is 59.8 Å². The Morgan fingerprint density at radius 1 is 1.30 bits per heavy atom. The number of benzene rings is 1. The van der Waals surface area contributed by atoms with Crippen molar-refractivity contribution in [1.29, 1.82) is 0 Å². The van der Waals surface area contributed by atoms with Crippen LogP contribution in [0.2, 0.25) is 0 Å². The molecule has 0 aliphatic carbocycles. The lowest BCUT2D eigenvalue weighted by molar-refractivity contribution is -0.122. The molecule has 1 aromatic heterocycles. The van der Waals surface area contributed by atoms with Crippen molar-refractivity contribution in [2.45, 2.75) is 46.2 Å². The molecular weight excluding hydrogens is 295 g/mol. The molecule has 0 saturated carbocycles. The zero-order chi connectivity index (χ0) is 16.8. The summed E-state index contributed by atoms with van der Waals surface area (Å²) in [5.74, 6) is 0.0423. The molecule has 1 heterocycles. The molecule has 0 saturated heterocycles. The van der Waals surface area contributed by atoms with Gasteiger partial charge in [-0.05, 0) is 36.5 Å². The number of nitrogens with zero attached hydrogens (tertiary/aromatic N) is 3. The predicted molar refractivity (Wildman–Crippen MR) is 86.2 cm³/mol. The van der Waals surface area contributed by atoms with E-state index in [1.54, 1.807) is 36.2 Å². The summed E-state index contributed by atoms with van der Waals surface area (Å²) in [5, 5.41) is 11.2. The predicted octanol–water partition coefficient (Wildman–Crippen LogP) is 2.50. The molecule has 0 radical (unpaired) electrons. The number of aryl methyl sites for hydroxylation is 2. The SMILES string of the molecule is Cc1cc(CCC(=O)N[C@@H](Cn2nccn2)C(C)C)ccc1F. The molecule has 1 amide bonds. The smallest absolute Gasteiger partial charge is 0.220 e. The summed E-state index contributed by atoms with van der Waals surface area (Å²) < 4.78 is 13.2. The zero-order valence-electron chi connectivity index (χ0n) is 13.8. The first-order valence-corrected chi connectivity index (χ1v) is 7.84. The highest BCUT2D eigenvalue weighted by molar-refractivity contribution is 5.76. The molecule has 23 heavy (non-hydrogen) atoms. The lowest BCUT2D eigenvalue weighted by Crippen LogP contribution is -2.42. The highest BCUT2D eigenvalue weighted by Crippen LogP contribution is 2.11. The Morgan fingerprint density at radius 3 is 2.61 bits per heavy atom. The van der Waals surface area contributed by atoms with Gasteiger partial charge in [0.25, 0.3) is 0 Å². The van der Waals surface area contributed by atoms with E-state index in [0.717, 1.165) is 5.56 Å². The van der Waals surface area contributed by atoms with Crippen LogP contribution in [0.4, 0.5) is 4.39 Å². The maximum absolute atomic E-state index is 13.2. The van der Waals surface area contributed by atoms with E-state index in [9.17, 15) is 9.18 Å². The lowest BCUT2D eigenvalue weighted by Gasteiger charge is -2.21. The van der Waals surface area contributed by atoms with Gasteiger partial charge in [-0.2, -0.15) is 15.0 Å². The van der Waals surface area contributed by atoms with Crippen LogP contribution in [0.25, 0.3) is 0 Å². The Balaban J connectivity index is 1.87. The molecule has 1 aromatic carbocycles. The molecule has 124 valence electrons. The van der Waals surface area contributed by atoms with Gasteiger partial charge in [0.1, 0.15) is 5.82 Å². The standard InChI is InChI=1S/C17H23FN4O/c1-12(2)16(11-22-19-8-9-20-22)21-17(23)7-5-14-4-6-15(18)13(3)10-14/h4,6,8-10,12,16H,5,7,11H2,1-3H3,(H,21,23)/t16-/m0/s1. The molecule has 0 bridgehead atoms. The number of hydrogen-bond donors (Lipinski definition) is 1. The van der Waals surface area contributed by atoms with Crippen molar-refractivity contribution in [3.05, 3.63) is 47.5 Å². The van der Waals surface area contributed by atoms with Crippen LogP contribution in [0.3, 0.4) is 0 Å². The van der Waals surface area contributed by atoms with Gasteiger partial charge in [-0.25, -0.2) is 4.39 Å². The van der Waals surface area contributed by atoms with Gasteiger partial charge >= 0.3 is 0 Å². The van der Waals surface area contributed by atoms with E-state index in [4.69, 9.17) is 0 Å². The average Bonchev–Trinajstić information content (AvgIpc) is 3.01. The fraction of sp³-hybridized carbons (Fsp3) is 0.471. The summed E-state index contributed by atoms with van der Waals surface area (Å²) in [7, 11) is 0. The van der Waals surface area contributed by atoms with Crippen LogP contribution < -0.4 is 5.32 Å². The summed E-state index contributed by atoms with van der Waals surface area (Å²) in [6.07, 6.45) is 4.21. The van der Waals surface area contributed by atoms with Crippen molar-refractivity contribution >= 4 is 5.91 Å². The maximum atomic E-state index is 13.2. The van der Waals surface area contributed by atoms with Crippen LogP contribution in [0.15, 0.2) is 30.6 Å². The van der Waals surface area contributed by atoms with Crippen molar-refractivity contribution in [3.63, 3.8) is 0 Å². The van der Waals surface area contributed by atoms with Crippen molar-refractivity contribution in [2.75, 3.05) is 0 Å². The van der Waals surface area contributed by atoms with Gasteiger partial charge in [0.05, 0.1) is 25.0 Å². The number of halogens is 1. The second-order valence-corrected chi connectivity index (χ2v) is 6.09. The second-order valence-electron chi connectivity index (χ2n) is 6.09. The van der Waals surface area contributed by atoms with Gasteiger partial charge in [0, 0.05) is 6.42 Å². The van der Waals surface area contributed by atoms with Gasteiger partial charge in [0.15, 0.2) is 0 Å². The molecule has 0 aliphatic heterocycles. The highest BCUT2D eigenvalue weighted by atomic mass is 19.1. The fourth-order valence-corrected chi connectivity index (χ4v) is 2.34. The van der Waals surface area contributed by atoms with Crippen molar-refractivity contribution < 1.29 is 9.18 Å². The summed E-state index contributed by atoms with van der Waals surface area (Å²) in [6, 6.07) is 4.94. The number of amides is 1. The van der Waals surface area contributed by atoms with E-state index in [1.807, 2.05) is 0 Å². The molecule has 2 rings (SSSR count). The van der Waals surface area contributed by atoms with E-state index in [2.05, 4.69) is 29.4 Å². The van der Waals surface area contributed by atoms with E-state index in [-0.39, 0.29) is 23.7 Å². The summed E-state index contributed by atoms with van der Waals surface area (Å²) in [6.45, 7) is 6.38.